The summed E-state index contributed by atoms with van der Waals surface area (Å²) in [5, 5.41) is 0.267. The number of cyclic esters (lactones) is 1. The van der Waals surface area contributed by atoms with Gasteiger partial charge in [0, 0.05) is 12.0 Å². The Hall–Kier alpha value is -2.60. The molecule has 132 valence electrons. The number of halogens is 1. The highest BCUT2D eigenvalue weighted by Gasteiger charge is 2.30. The van der Waals surface area contributed by atoms with Crippen molar-refractivity contribution in [1.29, 1.82) is 0 Å². The number of carbonyl (C=O) groups is 1. The van der Waals surface area contributed by atoms with E-state index in [4.69, 9.17) is 4.74 Å². The van der Waals surface area contributed by atoms with Crippen molar-refractivity contribution in [3.63, 3.8) is 0 Å². The van der Waals surface area contributed by atoms with Crippen LogP contribution in [0.25, 0.3) is 16.9 Å². The quantitative estimate of drug-likeness (QED) is 0.641. The van der Waals surface area contributed by atoms with Gasteiger partial charge in [0.05, 0.1) is 24.2 Å². The first kappa shape index (κ1) is 16.8. The molecule has 0 amide bonds. The van der Waals surface area contributed by atoms with E-state index >= 15 is 0 Å². The average molecular weight is 368 g/mol. The summed E-state index contributed by atoms with van der Waals surface area (Å²) in [4.78, 5) is 16.3. The topological polar surface area (TPSA) is 44.1 Å². The third-order valence-corrected chi connectivity index (χ3v) is 5.52. The molecule has 0 radical (unpaired) electrons. The molecule has 2 heterocycles. The molecule has 1 fully saturated rings. The van der Waals surface area contributed by atoms with Crippen molar-refractivity contribution in [3.8, 4) is 16.9 Å². The molecule has 0 saturated carbocycles. The van der Waals surface area contributed by atoms with Crippen LogP contribution in [0.3, 0.4) is 0 Å². The number of hydrogen-bond donors (Lipinski definition) is 0. The molecule has 1 aliphatic heterocycles. The monoisotopic (exact) mass is 368 g/mol. The lowest BCUT2D eigenvalue weighted by Crippen LogP contribution is -2.11. The first-order valence-electron chi connectivity index (χ1n) is 8.36. The molecular weight excluding hydrogens is 351 g/mol. The number of rotatable bonds is 4. The maximum atomic E-state index is 14.5. The number of hydrogen-bond acceptors (Lipinski definition) is 4. The van der Waals surface area contributed by atoms with Crippen LogP contribution in [-0.2, 0) is 9.53 Å². The summed E-state index contributed by atoms with van der Waals surface area (Å²) in [7, 11) is 0. The van der Waals surface area contributed by atoms with E-state index < -0.39 is 0 Å². The largest absolute Gasteiger partial charge is 0.465 e. The zero-order chi connectivity index (χ0) is 18.1. The maximum absolute atomic E-state index is 14.5. The van der Waals surface area contributed by atoms with Crippen LogP contribution in [0, 0.1) is 12.7 Å². The lowest BCUT2D eigenvalue weighted by atomic mass is 10.1. The molecule has 1 aromatic heterocycles. The first-order valence-corrected chi connectivity index (χ1v) is 9.24. The van der Waals surface area contributed by atoms with E-state index in [0.29, 0.717) is 23.9 Å². The molecular formula is C20H17FN2O2S. The van der Waals surface area contributed by atoms with E-state index in [-0.39, 0.29) is 17.0 Å². The van der Waals surface area contributed by atoms with E-state index in [1.807, 2.05) is 31.2 Å². The number of benzene rings is 2. The standard InChI is InChI=1S/C20H17FN2O2S/c1-13-6-8-14(9-7-13)17-12-22-20(26-18-10-11-25-19(18)24)23(17)16-5-3-2-4-15(16)21/h2-9,12,18H,10-11H2,1H3. The van der Waals surface area contributed by atoms with Gasteiger partial charge in [0.15, 0.2) is 5.16 Å². The summed E-state index contributed by atoms with van der Waals surface area (Å²) >= 11 is 1.32. The molecule has 26 heavy (non-hydrogen) atoms. The summed E-state index contributed by atoms with van der Waals surface area (Å²) in [6.07, 6.45) is 2.35. The molecule has 0 N–H and O–H groups in total. The zero-order valence-corrected chi connectivity index (χ0v) is 15.0. The first-order chi connectivity index (χ1) is 12.6. The van der Waals surface area contributed by atoms with Crippen LogP contribution < -0.4 is 0 Å². The van der Waals surface area contributed by atoms with Crippen LogP contribution in [0.1, 0.15) is 12.0 Å². The molecule has 0 aliphatic carbocycles. The Morgan fingerprint density at radius 3 is 2.65 bits per heavy atom. The number of aromatic nitrogens is 2. The minimum Gasteiger partial charge on any atom is -0.465 e. The highest BCUT2D eigenvalue weighted by molar-refractivity contribution is 8.00. The van der Waals surface area contributed by atoms with Crippen molar-refractivity contribution in [2.75, 3.05) is 6.61 Å². The van der Waals surface area contributed by atoms with Crippen LogP contribution in [0.5, 0.6) is 0 Å². The number of aryl methyl sites for hydroxylation is 1. The van der Waals surface area contributed by atoms with Gasteiger partial charge in [0.1, 0.15) is 11.1 Å². The van der Waals surface area contributed by atoms with Gasteiger partial charge in [-0.1, -0.05) is 53.7 Å². The molecule has 1 atom stereocenters. The van der Waals surface area contributed by atoms with Crippen LogP contribution in [0.15, 0.2) is 59.9 Å². The second kappa shape index (κ2) is 6.96. The lowest BCUT2D eigenvalue weighted by Gasteiger charge is -2.14. The summed E-state index contributed by atoms with van der Waals surface area (Å²) in [5.41, 5.74) is 3.28. The number of esters is 1. The Labute approximate surface area is 155 Å². The Morgan fingerprint density at radius 1 is 1.19 bits per heavy atom. The SMILES string of the molecule is Cc1ccc(-c2cnc(SC3CCOC3=O)n2-c2ccccc2F)cc1. The molecule has 6 heteroatoms. The third-order valence-electron chi connectivity index (χ3n) is 4.31. The summed E-state index contributed by atoms with van der Waals surface area (Å²) < 4.78 is 21.3. The van der Waals surface area contributed by atoms with E-state index in [2.05, 4.69) is 4.98 Å². The van der Waals surface area contributed by atoms with Crippen molar-refractivity contribution >= 4 is 17.7 Å². The number of para-hydroxylation sites is 1. The second-order valence-electron chi connectivity index (χ2n) is 6.14. The summed E-state index contributed by atoms with van der Waals surface area (Å²) in [6.45, 7) is 2.44. The Kier molecular flexibility index (Phi) is 4.51. The predicted molar refractivity (Wildman–Crippen MR) is 98.9 cm³/mol. The second-order valence-corrected chi connectivity index (χ2v) is 7.31. The fourth-order valence-corrected chi connectivity index (χ4v) is 3.97. The molecule has 1 unspecified atom stereocenters. The fraction of sp³-hybridized carbons (Fsp3) is 0.200. The fourth-order valence-electron chi connectivity index (χ4n) is 2.92. The van der Waals surface area contributed by atoms with Crippen molar-refractivity contribution in [3.05, 3.63) is 66.1 Å². The van der Waals surface area contributed by atoms with Crippen molar-refractivity contribution in [2.45, 2.75) is 23.8 Å². The highest BCUT2D eigenvalue weighted by atomic mass is 32.2. The number of carbonyl (C=O) groups excluding carboxylic acids is 1. The number of nitrogens with zero attached hydrogens (tertiary/aromatic N) is 2. The summed E-state index contributed by atoms with van der Waals surface area (Å²) in [6, 6.07) is 14.6. The minimum absolute atomic E-state index is 0.241. The smallest absolute Gasteiger partial charge is 0.319 e. The molecule has 3 aromatic rings. The minimum atomic E-state index is -0.338. The van der Waals surface area contributed by atoms with Crippen molar-refractivity contribution < 1.29 is 13.9 Å². The van der Waals surface area contributed by atoms with Gasteiger partial charge in [-0.15, -0.1) is 0 Å². The van der Waals surface area contributed by atoms with Crippen molar-refractivity contribution in [1.82, 2.24) is 9.55 Å². The molecule has 0 spiro atoms. The molecule has 1 aliphatic rings. The van der Waals surface area contributed by atoms with E-state index in [9.17, 15) is 9.18 Å². The Balaban J connectivity index is 1.83. The van der Waals surface area contributed by atoms with Gasteiger partial charge in [-0.2, -0.15) is 0 Å². The number of ether oxygens (including phenoxy) is 1. The van der Waals surface area contributed by atoms with E-state index in [1.54, 1.807) is 29.0 Å². The van der Waals surface area contributed by atoms with E-state index in [0.717, 1.165) is 16.8 Å². The van der Waals surface area contributed by atoms with Crippen molar-refractivity contribution in [2.24, 2.45) is 0 Å². The highest BCUT2D eigenvalue weighted by Crippen LogP contribution is 2.35. The van der Waals surface area contributed by atoms with Crippen LogP contribution in [0.4, 0.5) is 4.39 Å². The predicted octanol–water partition coefficient (Wildman–Crippen LogP) is 4.39. The van der Waals surface area contributed by atoms with Crippen LogP contribution in [0.2, 0.25) is 0 Å². The van der Waals surface area contributed by atoms with Gasteiger partial charge >= 0.3 is 5.97 Å². The van der Waals surface area contributed by atoms with E-state index in [1.165, 1.54) is 17.8 Å². The molecule has 4 rings (SSSR count). The van der Waals surface area contributed by atoms with Crippen LogP contribution >= 0.6 is 11.8 Å². The number of imidazole rings is 1. The molecule has 2 aromatic carbocycles. The Bertz CT molecular complexity index is 953. The lowest BCUT2D eigenvalue weighted by molar-refractivity contribution is -0.137. The van der Waals surface area contributed by atoms with Gasteiger partial charge in [-0.05, 0) is 19.1 Å². The van der Waals surface area contributed by atoms with Gasteiger partial charge in [0.2, 0.25) is 0 Å². The van der Waals surface area contributed by atoms with Crippen LogP contribution in [-0.4, -0.2) is 27.4 Å². The molecule has 0 bridgehead atoms. The normalized spacial score (nSPS) is 16.7. The Morgan fingerprint density at radius 2 is 1.96 bits per heavy atom. The van der Waals surface area contributed by atoms with Gasteiger partial charge in [-0.25, -0.2) is 9.37 Å². The van der Waals surface area contributed by atoms with Gasteiger partial charge < -0.3 is 4.74 Å². The zero-order valence-electron chi connectivity index (χ0n) is 14.2. The van der Waals surface area contributed by atoms with Gasteiger partial charge in [0.25, 0.3) is 0 Å². The molecule has 1 saturated heterocycles. The third kappa shape index (κ3) is 3.12. The summed E-state index contributed by atoms with van der Waals surface area (Å²) in [5.74, 6) is -0.579. The average Bonchev–Trinajstić information content (AvgIpc) is 3.23. The maximum Gasteiger partial charge on any atom is 0.319 e. The molecule has 4 nitrogen and oxygen atoms in total. The van der Waals surface area contributed by atoms with Gasteiger partial charge in [-0.3, -0.25) is 9.36 Å². The number of thioether (sulfide) groups is 1.